The molecule has 2 saturated heterocycles. The second-order valence-electron chi connectivity index (χ2n) is 8.25. The molecule has 8 heteroatoms. The van der Waals surface area contributed by atoms with Crippen LogP contribution in [0.5, 0.6) is 0 Å². The van der Waals surface area contributed by atoms with Crippen molar-refractivity contribution in [2.45, 2.75) is 19.8 Å². The van der Waals surface area contributed by atoms with Gasteiger partial charge in [-0.05, 0) is 44.2 Å². The standard InChI is InChI=1S/C22H26FN5OS/c1-22(15-24)5-7-26(8-6-22)20-17-13-16(23)3-4-19(17)25-14-18(20)21(29)27-9-11-28(30-2)12-10-27/h3-4,13-14H,5-12H2,1-2H3. The normalized spacial score (nSPS) is 19.7. The molecule has 1 aromatic carbocycles. The van der Waals surface area contributed by atoms with E-state index in [0.717, 1.165) is 18.8 Å². The minimum absolute atomic E-state index is 0.0574. The van der Waals surface area contributed by atoms with E-state index in [-0.39, 0.29) is 17.1 Å². The molecule has 6 nitrogen and oxygen atoms in total. The van der Waals surface area contributed by atoms with Crippen molar-refractivity contribution in [2.24, 2.45) is 5.41 Å². The van der Waals surface area contributed by atoms with E-state index in [2.05, 4.69) is 20.3 Å². The third kappa shape index (κ3) is 3.96. The van der Waals surface area contributed by atoms with Crippen LogP contribution in [0.3, 0.4) is 0 Å². The van der Waals surface area contributed by atoms with Gasteiger partial charge in [0.05, 0.1) is 28.3 Å². The number of benzene rings is 1. The lowest BCUT2D eigenvalue weighted by molar-refractivity contribution is 0.0704. The molecule has 30 heavy (non-hydrogen) atoms. The molecule has 4 rings (SSSR count). The highest BCUT2D eigenvalue weighted by Crippen LogP contribution is 2.37. The number of halogens is 1. The van der Waals surface area contributed by atoms with Gasteiger partial charge in [0, 0.05) is 50.9 Å². The fourth-order valence-electron chi connectivity index (χ4n) is 4.23. The first-order valence-corrected chi connectivity index (χ1v) is 11.4. The van der Waals surface area contributed by atoms with Gasteiger partial charge in [0.1, 0.15) is 5.82 Å². The van der Waals surface area contributed by atoms with Crippen LogP contribution in [0, 0.1) is 22.6 Å². The number of fused-ring (bicyclic) bond motifs is 1. The molecule has 0 spiro atoms. The maximum absolute atomic E-state index is 14.1. The van der Waals surface area contributed by atoms with E-state index in [1.54, 1.807) is 24.2 Å². The molecular formula is C22H26FN5OS. The van der Waals surface area contributed by atoms with Crippen molar-refractivity contribution in [3.63, 3.8) is 0 Å². The van der Waals surface area contributed by atoms with Gasteiger partial charge in [0.2, 0.25) is 0 Å². The number of rotatable bonds is 3. The third-order valence-corrected chi connectivity index (χ3v) is 7.15. The Morgan fingerprint density at radius 3 is 2.53 bits per heavy atom. The van der Waals surface area contributed by atoms with Crippen LogP contribution in [0.25, 0.3) is 10.9 Å². The number of anilines is 1. The predicted octanol–water partition coefficient (Wildman–Crippen LogP) is 3.54. The Labute approximate surface area is 180 Å². The summed E-state index contributed by atoms with van der Waals surface area (Å²) in [5.74, 6) is -0.402. The number of nitrogens with zero attached hydrogens (tertiary/aromatic N) is 5. The molecule has 0 unspecified atom stereocenters. The van der Waals surface area contributed by atoms with Gasteiger partial charge in [0.25, 0.3) is 5.91 Å². The maximum Gasteiger partial charge on any atom is 0.257 e. The highest BCUT2D eigenvalue weighted by Gasteiger charge is 2.33. The molecule has 3 heterocycles. The molecule has 0 bridgehead atoms. The molecule has 2 fully saturated rings. The Hall–Kier alpha value is -2.37. The molecule has 158 valence electrons. The topological polar surface area (TPSA) is 63.5 Å². The lowest BCUT2D eigenvalue weighted by Crippen LogP contribution is -2.47. The molecule has 2 aromatic rings. The minimum Gasteiger partial charge on any atom is -0.370 e. The van der Waals surface area contributed by atoms with Gasteiger partial charge in [0.15, 0.2) is 0 Å². The summed E-state index contributed by atoms with van der Waals surface area (Å²) in [5, 5.41) is 10.1. The van der Waals surface area contributed by atoms with E-state index in [1.807, 2.05) is 18.1 Å². The number of carbonyl (C=O) groups excluding carboxylic acids is 1. The van der Waals surface area contributed by atoms with Gasteiger partial charge in [-0.2, -0.15) is 5.26 Å². The Balaban J connectivity index is 1.72. The predicted molar refractivity (Wildman–Crippen MR) is 118 cm³/mol. The summed E-state index contributed by atoms with van der Waals surface area (Å²) in [5.41, 5.74) is 1.58. The number of amides is 1. The van der Waals surface area contributed by atoms with Crippen LogP contribution in [-0.2, 0) is 0 Å². The van der Waals surface area contributed by atoms with Crippen molar-refractivity contribution in [2.75, 3.05) is 50.4 Å². The summed E-state index contributed by atoms with van der Waals surface area (Å²) >= 11 is 1.69. The number of hydrogen-bond acceptors (Lipinski definition) is 6. The van der Waals surface area contributed by atoms with E-state index in [4.69, 9.17) is 0 Å². The second kappa shape index (κ2) is 8.40. The van der Waals surface area contributed by atoms with E-state index in [0.29, 0.717) is 55.5 Å². The summed E-state index contributed by atoms with van der Waals surface area (Å²) in [4.78, 5) is 21.9. The quantitative estimate of drug-likeness (QED) is 0.698. The van der Waals surface area contributed by atoms with Crippen molar-refractivity contribution < 1.29 is 9.18 Å². The van der Waals surface area contributed by atoms with Crippen LogP contribution in [0.15, 0.2) is 24.4 Å². The van der Waals surface area contributed by atoms with E-state index >= 15 is 0 Å². The van der Waals surface area contributed by atoms with Crippen LogP contribution in [0.4, 0.5) is 10.1 Å². The minimum atomic E-state index is -0.358. The summed E-state index contributed by atoms with van der Waals surface area (Å²) in [7, 11) is 0. The fourth-order valence-corrected chi connectivity index (χ4v) is 4.76. The van der Waals surface area contributed by atoms with Crippen LogP contribution < -0.4 is 4.90 Å². The third-order valence-electron chi connectivity index (χ3n) is 6.27. The highest BCUT2D eigenvalue weighted by atomic mass is 32.2. The molecule has 0 saturated carbocycles. The lowest BCUT2D eigenvalue weighted by Gasteiger charge is -2.38. The van der Waals surface area contributed by atoms with Crippen LogP contribution in [0.2, 0.25) is 0 Å². The highest BCUT2D eigenvalue weighted by molar-refractivity contribution is 7.96. The van der Waals surface area contributed by atoms with Gasteiger partial charge < -0.3 is 9.80 Å². The molecule has 2 aliphatic heterocycles. The first-order chi connectivity index (χ1) is 14.4. The molecule has 0 atom stereocenters. The number of piperidine rings is 1. The number of aromatic nitrogens is 1. The van der Waals surface area contributed by atoms with E-state index in [9.17, 15) is 14.4 Å². The van der Waals surface area contributed by atoms with E-state index in [1.165, 1.54) is 12.1 Å². The van der Waals surface area contributed by atoms with Crippen molar-refractivity contribution in [3.8, 4) is 6.07 Å². The zero-order valence-corrected chi connectivity index (χ0v) is 18.2. The number of hydrogen-bond donors (Lipinski definition) is 0. The Kier molecular flexibility index (Phi) is 5.85. The average molecular weight is 428 g/mol. The molecule has 1 aromatic heterocycles. The van der Waals surface area contributed by atoms with Crippen LogP contribution in [0.1, 0.15) is 30.1 Å². The van der Waals surface area contributed by atoms with Gasteiger partial charge in [-0.25, -0.2) is 8.70 Å². The van der Waals surface area contributed by atoms with Crippen molar-refractivity contribution in [1.82, 2.24) is 14.2 Å². The Morgan fingerprint density at radius 1 is 1.20 bits per heavy atom. The summed E-state index contributed by atoms with van der Waals surface area (Å²) in [6.45, 7) is 6.25. The first kappa shape index (κ1) is 20.9. The van der Waals surface area contributed by atoms with Crippen molar-refractivity contribution in [3.05, 3.63) is 35.8 Å². The number of nitriles is 1. The molecule has 1 amide bonds. The zero-order chi connectivity index (χ0) is 21.3. The number of piperazine rings is 1. The smallest absolute Gasteiger partial charge is 0.257 e. The summed E-state index contributed by atoms with van der Waals surface area (Å²) in [6, 6.07) is 6.94. The Bertz CT molecular complexity index is 991. The number of carbonyl (C=O) groups is 1. The molecule has 2 aliphatic rings. The second-order valence-corrected chi connectivity index (χ2v) is 9.13. The molecule has 0 aliphatic carbocycles. The van der Waals surface area contributed by atoms with Gasteiger partial charge >= 0.3 is 0 Å². The molecule has 0 radical (unpaired) electrons. The van der Waals surface area contributed by atoms with Gasteiger partial charge in [-0.1, -0.05) is 11.9 Å². The van der Waals surface area contributed by atoms with Crippen molar-refractivity contribution >= 4 is 34.4 Å². The lowest BCUT2D eigenvalue weighted by atomic mass is 9.81. The summed E-state index contributed by atoms with van der Waals surface area (Å²) in [6.07, 6.45) is 5.10. The summed E-state index contributed by atoms with van der Waals surface area (Å²) < 4.78 is 16.4. The number of pyridine rings is 1. The SMILES string of the molecule is CSN1CCN(C(=O)c2cnc3ccc(F)cc3c2N2CCC(C)(C#N)CC2)CC1. The van der Waals surface area contributed by atoms with Crippen molar-refractivity contribution in [1.29, 1.82) is 5.26 Å². The molecule has 0 N–H and O–H groups in total. The average Bonchev–Trinajstić information content (AvgIpc) is 2.78. The first-order valence-electron chi connectivity index (χ1n) is 10.3. The van der Waals surface area contributed by atoms with Crippen LogP contribution in [-0.4, -0.2) is 65.6 Å². The van der Waals surface area contributed by atoms with Gasteiger partial charge in [-0.15, -0.1) is 0 Å². The van der Waals surface area contributed by atoms with Gasteiger partial charge in [-0.3, -0.25) is 9.78 Å². The van der Waals surface area contributed by atoms with E-state index < -0.39 is 0 Å². The maximum atomic E-state index is 14.1. The molecular weight excluding hydrogens is 401 g/mol. The monoisotopic (exact) mass is 427 g/mol. The zero-order valence-electron chi connectivity index (χ0n) is 17.4. The fraction of sp³-hybridized carbons (Fsp3) is 0.500. The largest absolute Gasteiger partial charge is 0.370 e. The Morgan fingerprint density at radius 2 is 1.90 bits per heavy atom. The van der Waals surface area contributed by atoms with Crippen LogP contribution >= 0.6 is 11.9 Å².